The van der Waals surface area contributed by atoms with Crippen LogP contribution in [0.3, 0.4) is 0 Å². The van der Waals surface area contributed by atoms with Gasteiger partial charge in [-0.2, -0.15) is 5.10 Å². The number of rotatable bonds is 9. The number of benzene rings is 1. The minimum Gasteiger partial charge on any atom is -0.366 e. The topological polar surface area (TPSA) is 132 Å². The molecule has 44 heavy (non-hydrogen) atoms. The lowest BCUT2D eigenvalue weighted by molar-refractivity contribution is -0.122. The number of nitrogens with zero attached hydrogens (tertiary/aromatic N) is 3. The summed E-state index contributed by atoms with van der Waals surface area (Å²) in [5, 5.41) is 10.2. The van der Waals surface area contributed by atoms with E-state index in [9.17, 15) is 27.6 Å². The number of primary amides is 1. The van der Waals surface area contributed by atoms with Gasteiger partial charge in [0.25, 0.3) is 11.8 Å². The molecule has 0 spiro atoms. The van der Waals surface area contributed by atoms with Gasteiger partial charge in [0.1, 0.15) is 18.5 Å². The van der Waals surface area contributed by atoms with Crippen LogP contribution in [-0.4, -0.2) is 45.7 Å². The number of fused-ring (bicyclic) bond motifs is 5. The first-order valence-electron chi connectivity index (χ1n) is 14.8. The van der Waals surface area contributed by atoms with E-state index in [0.717, 1.165) is 42.7 Å². The lowest BCUT2D eigenvalue weighted by atomic mass is 9.85. The maximum Gasteiger partial charge on any atom is 0.271 e. The molecule has 2 bridgehead atoms. The van der Waals surface area contributed by atoms with E-state index in [1.807, 2.05) is 0 Å². The molecule has 5 unspecified atom stereocenters. The Bertz CT molecular complexity index is 1670. The smallest absolute Gasteiger partial charge is 0.271 e. The summed E-state index contributed by atoms with van der Waals surface area (Å²) in [5.41, 5.74) is 8.58. The SMILES string of the molecule is CNC(=O)c1nn(CC(=O)NC(CC2CC(F)=CC(F)C2)c2ncccc2-c2ccc(F)c(C(N)=O)c2)c2c1C1CCC2C1. The predicted molar refractivity (Wildman–Crippen MR) is 155 cm³/mol. The van der Waals surface area contributed by atoms with E-state index in [1.165, 1.54) is 18.3 Å². The van der Waals surface area contributed by atoms with Gasteiger partial charge in [0.15, 0.2) is 5.69 Å². The first-order valence-corrected chi connectivity index (χ1v) is 14.8. The van der Waals surface area contributed by atoms with Crippen LogP contribution in [-0.2, 0) is 11.3 Å². The number of allylic oxidation sites excluding steroid dienone is 2. The number of pyridine rings is 1. The van der Waals surface area contributed by atoms with E-state index < -0.39 is 41.6 Å². The number of hydrogen-bond donors (Lipinski definition) is 3. The van der Waals surface area contributed by atoms with Crippen LogP contribution in [0.25, 0.3) is 11.1 Å². The Hall–Kier alpha value is -4.48. The van der Waals surface area contributed by atoms with E-state index in [4.69, 9.17) is 5.73 Å². The number of carbonyl (C=O) groups is 3. The highest BCUT2D eigenvalue weighted by Crippen LogP contribution is 2.54. The molecule has 230 valence electrons. The standard InChI is InChI=1S/C32H33F3N6O3/c1-37-32(44)29-27-18-4-5-19(12-18)30(27)41(40-29)15-26(42)39-25(11-16-9-20(33)14-21(34)10-16)28-22(3-2-8-38-28)17-6-7-24(35)23(13-17)31(36)43/h2-3,6-8,13-14,16,18-20,25H,4-5,9-12,15H2,1H3,(H2,36,43)(H,37,44)(H,39,42). The molecule has 0 saturated heterocycles. The zero-order valence-electron chi connectivity index (χ0n) is 24.2. The fraction of sp³-hybridized carbons (Fsp3) is 0.406. The molecule has 0 radical (unpaired) electrons. The summed E-state index contributed by atoms with van der Waals surface area (Å²) in [4.78, 5) is 42.7. The fourth-order valence-electron chi connectivity index (χ4n) is 7.18. The van der Waals surface area contributed by atoms with E-state index in [-0.39, 0.29) is 49.1 Å². The van der Waals surface area contributed by atoms with Gasteiger partial charge in [0.05, 0.1) is 23.1 Å². The number of amides is 3. The first kappa shape index (κ1) is 29.6. The van der Waals surface area contributed by atoms with Crippen molar-refractivity contribution in [1.29, 1.82) is 0 Å². The number of alkyl halides is 1. The van der Waals surface area contributed by atoms with Crippen LogP contribution in [0.1, 0.15) is 94.2 Å². The molecule has 2 heterocycles. The second kappa shape index (κ2) is 11.9. The Balaban J connectivity index is 1.33. The second-order valence-corrected chi connectivity index (χ2v) is 11.9. The fourth-order valence-corrected chi connectivity index (χ4v) is 7.18. The normalized spacial score (nSPS) is 22.7. The minimum absolute atomic E-state index is 0.0164. The Labute approximate surface area is 252 Å². The van der Waals surface area contributed by atoms with Crippen LogP contribution in [0.5, 0.6) is 0 Å². The maximum atomic E-state index is 14.3. The average Bonchev–Trinajstić information content (AvgIpc) is 3.70. The number of nitrogens with one attached hydrogen (secondary N) is 2. The van der Waals surface area contributed by atoms with Crippen LogP contribution in [0, 0.1) is 11.7 Å². The zero-order chi connectivity index (χ0) is 31.1. The number of hydrogen-bond acceptors (Lipinski definition) is 5. The van der Waals surface area contributed by atoms with Crippen LogP contribution < -0.4 is 16.4 Å². The zero-order valence-corrected chi connectivity index (χ0v) is 24.2. The summed E-state index contributed by atoms with van der Waals surface area (Å²) in [5.74, 6) is -2.94. The van der Waals surface area contributed by atoms with Crippen LogP contribution in [0.15, 0.2) is 48.4 Å². The maximum absolute atomic E-state index is 14.3. The van der Waals surface area contributed by atoms with Crippen LogP contribution >= 0.6 is 0 Å². The molecule has 3 aromatic rings. The highest BCUT2D eigenvalue weighted by molar-refractivity contribution is 5.95. The Morgan fingerprint density at radius 1 is 1.14 bits per heavy atom. The van der Waals surface area contributed by atoms with Crippen molar-refractivity contribution < 1.29 is 27.6 Å². The molecule has 2 aromatic heterocycles. The Kier molecular flexibility index (Phi) is 8.00. The Morgan fingerprint density at radius 3 is 2.68 bits per heavy atom. The van der Waals surface area contributed by atoms with Crippen molar-refractivity contribution in [3.8, 4) is 11.1 Å². The quantitative estimate of drug-likeness (QED) is 0.323. The molecule has 3 aliphatic carbocycles. The number of nitrogens with two attached hydrogens (primary N) is 1. The molecule has 12 heteroatoms. The van der Waals surface area contributed by atoms with Crippen molar-refractivity contribution in [2.45, 2.75) is 69.1 Å². The number of aromatic nitrogens is 3. The predicted octanol–water partition coefficient (Wildman–Crippen LogP) is 4.76. The van der Waals surface area contributed by atoms with E-state index in [1.54, 1.807) is 23.9 Å². The second-order valence-electron chi connectivity index (χ2n) is 11.9. The highest BCUT2D eigenvalue weighted by atomic mass is 19.1. The van der Waals surface area contributed by atoms with Gasteiger partial charge in [-0.25, -0.2) is 13.2 Å². The summed E-state index contributed by atoms with van der Waals surface area (Å²) in [6.07, 6.45) is 4.19. The summed E-state index contributed by atoms with van der Waals surface area (Å²) in [6.45, 7) is -0.158. The molecule has 1 fully saturated rings. The number of carbonyl (C=O) groups excluding carboxylic acids is 3. The minimum atomic E-state index is -1.45. The third kappa shape index (κ3) is 5.60. The van der Waals surface area contributed by atoms with Crippen LogP contribution in [0.4, 0.5) is 13.2 Å². The van der Waals surface area contributed by atoms with Gasteiger partial charge >= 0.3 is 0 Å². The van der Waals surface area contributed by atoms with Crippen molar-refractivity contribution in [3.05, 3.63) is 82.5 Å². The molecule has 1 saturated carbocycles. The van der Waals surface area contributed by atoms with Crippen molar-refractivity contribution in [2.75, 3.05) is 7.05 Å². The monoisotopic (exact) mass is 606 g/mol. The molecule has 0 aliphatic heterocycles. The van der Waals surface area contributed by atoms with Gasteiger partial charge in [-0.05, 0) is 73.8 Å². The largest absolute Gasteiger partial charge is 0.366 e. The molecule has 6 rings (SSSR count). The molecule has 3 amide bonds. The van der Waals surface area contributed by atoms with Gasteiger partial charge < -0.3 is 16.4 Å². The summed E-state index contributed by atoms with van der Waals surface area (Å²) < 4.78 is 44.5. The van der Waals surface area contributed by atoms with Crippen LogP contribution in [0.2, 0.25) is 0 Å². The molecule has 9 nitrogen and oxygen atoms in total. The molecule has 5 atom stereocenters. The lowest BCUT2D eigenvalue weighted by Gasteiger charge is -2.28. The van der Waals surface area contributed by atoms with Crippen molar-refractivity contribution in [3.63, 3.8) is 0 Å². The van der Waals surface area contributed by atoms with Crippen molar-refractivity contribution in [1.82, 2.24) is 25.4 Å². The molecular weight excluding hydrogens is 573 g/mol. The summed E-state index contributed by atoms with van der Waals surface area (Å²) >= 11 is 0. The van der Waals surface area contributed by atoms with Gasteiger partial charge in [-0.1, -0.05) is 12.1 Å². The molecule has 1 aromatic carbocycles. The molecule has 4 N–H and O–H groups in total. The number of halogens is 3. The third-order valence-corrected chi connectivity index (χ3v) is 9.01. The lowest BCUT2D eigenvalue weighted by Crippen LogP contribution is -2.35. The van der Waals surface area contributed by atoms with E-state index in [0.29, 0.717) is 22.5 Å². The average molecular weight is 607 g/mol. The first-order chi connectivity index (χ1) is 21.1. The molecule has 3 aliphatic rings. The summed E-state index contributed by atoms with van der Waals surface area (Å²) in [6, 6.07) is 6.51. The van der Waals surface area contributed by atoms with Crippen molar-refractivity contribution >= 4 is 17.7 Å². The summed E-state index contributed by atoms with van der Waals surface area (Å²) in [7, 11) is 1.54. The van der Waals surface area contributed by atoms with Gasteiger partial charge in [-0.3, -0.25) is 24.0 Å². The van der Waals surface area contributed by atoms with Crippen molar-refractivity contribution in [2.24, 2.45) is 11.7 Å². The third-order valence-electron chi connectivity index (χ3n) is 9.01. The Morgan fingerprint density at radius 2 is 1.93 bits per heavy atom. The highest BCUT2D eigenvalue weighted by Gasteiger charge is 2.44. The van der Waals surface area contributed by atoms with E-state index in [2.05, 4.69) is 20.7 Å². The van der Waals surface area contributed by atoms with Gasteiger partial charge in [0.2, 0.25) is 5.91 Å². The molecular formula is C32H33F3N6O3. The van der Waals surface area contributed by atoms with E-state index >= 15 is 0 Å². The van der Waals surface area contributed by atoms with Gasteiger partial charge in [0, 0.05) is 42.4 Å². The van der Waals surface area contributed by atoms with Gasteiger partial charge in [-0.15, -0.1) is 0 Å².